The van der Waals surface area contributed by atoms with E-state index >= 15 is 0 Å². The molecule has 0 bridgehead atoms. The van der Waals surface area contributed by atoms with Gasteiger partial charge in [0.1, 0.15) is 6.04 Å². The minimum absolute atomic E-state index is 0.0208. The molecule has 0 saturated carbocycles. The topological polar surface area (TPSA) is 83.5 Å². The minimum atomic E-state index is -0.931. The molecule has 0 aliphatic heterocycles. The molecule has 0 aromatic carbocycles. The SMILES string of the molecule is C=CCCCO.CC(C)[C@H](N)C(=O)O. The highest BCUT2D eigenvalue weighted by Gasteiger charge is 2.14. The van der Waals surface area contributed by atoms with Crippen LogP contribution in [0.4, 0.5) is 0 Å². The monoisotopic (exact) mass is 203 g/mol. The predicted molar refractivity (Wildman–Crippen MR) is 57.0 cm³/mol. The number of aliphatic carboxylic acids is 1. The third-order valence-corrected chi connectivity index (χ3v) is 1.57. The molecule has 0 amide bonds. The summed E-state index contributed by atoms with van der Waals surface area (Å²) >= 11 is 0. The van der Waals surface area contributed by atoms with E-state index in [1.54, 1.807) is 19.9 Å². The molecule has 0 aromatic rings. The van der Waals surface area contributed by atoms with Gasteiger partial charge in [0, 0.05) is 6.61 Å². The van der Waals surface area contributed by atoms with Crippen molar-refractivity contribution >= 4 is 5.97 Å². The minimum Gasteiger partial charge on any atom is -0.480 e. The number of aliphatic hydroxyl groups is 1. The first-order valence-corrected chi connectivity index (χ1v) is 4.67. The number of allylic oxidation sites excluding steroid dienone is 1. The third kappa shape index (κ3) is 11.1. The number of nitrogens with two attached hydrogens (primary N) is 1. The van der Waals surface area contributed by atoms with Crippen LogP contribution >= 0.6 is 0 Å². The van der Waals surface area contributed by atoms with Crippen molar-refractivity contribution in [3.8, 4) is 0 Å². The van der Waals surface area contributed by atoms with E-state index in [4.69, 9.17) is 15.9 Å². The molecule has 0 aliphatic rings. The summed E-state index contributed by atoms with van der Waals surface area (Å²) in [6.07, 6.45) is 3.58. The molecular formula is C10H21NO3. The first kappa shape index (κ1) is 15.6. The van der Waals surface area contributed by atoms with Crippen LogP contribution in [-0.4, -0.2) is 28.8 Å². The van der Waals surface area contributed by atoms with Crippen LogP contribution in [0.1, 0.15) is 26.7 Å². The lowest BCUT2D eigenvalue weighted by Gasteiger charge is -2.07. The van der Waals surface area contributed by atoms with Crippen molar-refractivity contribution in [1.82, 2.24) is 0 Å². The molecule has 4 heteroatoms. The summed E-state index contributed by atoms with van der Waals surface area (Å²) in [5.41, 5.74) is 5.16. The molecule has 4 nitrogen and oxygen atoms in total. The molecule has 0 rings (SSSR count). The van der Waals surface area contributed by atoms with Crippen molar-refractivity contribution in [3.63, 3.8) is 0 Å². The van der Waals surface area contributed by atoms with Crippen LogP contribution in [0.5, 0.6) is 0 Å². The molecule has 0 spiro atoms. The maximum atomic E-state index is 10.0. The highest BCUT2D eigenvalue weighted by atomic mass is 16.4. The van der Waals surface area contributed by atoms with Crippen molar-refractivity contribution in [2.75, 3.05) is 6.61 Å². The number of hydrogen-bond donors (Lipinski definition) is 3. The zero-order valence-corrected chi connectivity index (χ0v) is 8.94. The van der Waals surface area contributed by atoms with Gasteiger partial charge in [-0.25, -0.2) is 0 Å². The molecule has 0 saturated heterocycles. The molecule has 0 unspecified atom stereocenters. The number of hydrogen-bond acceptors (Lipinski definition) is 3. The van der Waals surface area contributed by atoms with E-state index in [0.717, 1.165) is 12.8 Å². The zero-order chi connectivity index (χ0) is 11.6. The lowest BCUT2D eigenvalue weighted by atomic mass is 10.1. The quantitative estimate of drug-likeness (QED) is 0.460. The number of aliphatic hydroxyl groups excluding tert-OH is 1. The van der Waals surface area contributed by atoms with Crippen LogP contribution in [0.2, 0.25) is 0 Å². The smallest absolute Gasteiger partial charge is 0.320 e. The van der Waals surface area contributed by atoms with Crippen LogP contribution in [0, 0.1) is 5.92 Å². The lowest BCUT2D eigenvalue weighted by Crippen LogP contribution is -2.34. The van der Waals surface area contributed by atoms with E-state index in [9.17, 15) is 4.79 Å². The number of rotatable bonds is 5. The van der Waals surface area contributed by atoms with E-state index in [1.165, 1.54) is 0 Å². The third-order valence-electron chi connectivity index (χ3n) is 1.57. The predicted octanol–water partition coefficient (Wildman–Crippen LogP) is 0.999. The average molecular weight is 203 g/mol. The van der Waals surface area contributed by atoms with Crippen molar-refractivity contribution < 1.29 is 15.0 Å². The summed E-state index contributed by atoms with van der Waals surface area (Å²) in [6, 6.07) is -0.713. The maximum Gasteiger partial charge on any atom is 0.320 e. The summed E-state index contributed by atoms with van der Waals surface area (Å²) in [6.45, 7) is 7.32. The Morgan fingerprint density at radius 2 is 2.07 bits per heavy atom. The van der Waals surface area contributed by atoms with Crippen LogP contribution in [-0.2, 0) is 4.79 Å². The van der Waals surface area contributed by atoms with Crippen LogP contribution in [0.3, 0.4) is 0 Å². The number of carboxylic acid groups (broad SMARTS) is 1. The molecule has 0 radical (unpaired) electrons. The summed E-state index contributed by atoms with van der Waals surface area (Å²) in [5.74, 6) is -0.910. The van der Waals surface area contributed by atoms with E-state index < -0.39 is 12.0 Å². The van der Waals surface area contributed by atoms with Gasteiger partial charge in [0.2, 0.25) is 0 Å². The first-order chi connectivity index (χ1) is 6.47. The fourth-order valence-corrected chi connectivity index (χ4v) is 0.521. The van der Waals surface area contributed by atoms with Crippen LogP contribution < -0.4 is 5.73 Å². The standard InChI is InChI=1S/C5H11NO2.C5H10O/c1-3(2)4(6)5(7)8;1-2-3-4-5-6/h3-4H,6H2,1-2H3,(H,7,8);2,6H,1,3-5H2/t4-;/m0./s1. The number of carboxylic acids is 1. The Morgan fingerprint density at radius 1 is 1.57 bits per heavy atom. The Bertz CT molecular complexity index is 157. The number of unbranched alkanes of at least 4 members (excludes halogenated alkanes) is 1. The Morgan fingerprint density at radius 3 is 2.14 bits per heavy atom. The molecule has 0 heterocycles. The van der Waals surface area contributed by atoms with Gasteiger partial charge in [-0.05, 0) is 18.8 Å². The molecule has 4 N–H and O–H groups in total. The van der Waals surface area contributed by atoms with E-state index in [-0.39, 0.29) is 12.5 Å². The largest absolute Gasteiger partial charge is 0.480 e. The lowest BCUT2D eigenvalue weighted by molar-refractivity contribution is -0.139. The highest BCUT2D eigenvalue weighted by Crippen LogP contribution is 1.96. The van der Waals surface area contributed by atoms with Gasteiger partial charge in [0.25, 0.3) is 0 Å². The van der Waals surface area contributed by atoms with Gasteiger partial charge in [-0.3, -0.25) is 4.79 Å². The van der Waals surface area contributed by atoms with Crippen molar-refractivity contribution in [2.24, 2.45) is 11.7 Å². The normalized spacial score (nSPS) is 11.5. The molecule has 0 fully saturated rings. The van der Waals surface area contributed by atoms with Gasteiger partial charge in [0.05, 0.1) is 0 Å². The zero-order valence-electron chi connectivity index (χ0n) is 8.94. The molecule has 0 aromatic heterocycles. The summed E-state index contributed by atoms with van der Waals surface area (Å²) in [7, 11) is 0. The van der Waals surface area contributed by atoms with E-state index in [1.807, 2.05) is 0 Å². The van der Waals surface area contributed by atoms with Gasteiger partial charge in [-0.15, -0.1) is 6.58 Å². The Labute approximate surface area is 85.4 Å². The second kappa shape index (κ2) is 10.2. The molecule has 1 atom stereocenters. The maximum absolute atomic E-state index is 10.0. The Hall–Kier alpha value is -0.870. The van der Waals surface area contributed by atoms with E-state index in [0.29, 0.717) is 0 Å². The molecule has 0 aliphatic carbocycles. The average Bonchev–Trinajstić information content (AvgIpc) is 2.14. The second-order valence-electron chi connectivity index (χ2n) is 3.26. The van der Waals surface area contributed by atoms with Gasteiger partial charge in [-0.2, -0.15) is 0 Å². The molecular weight excluding hydrogens is 182 g/mol. The fourth-order valence-electron chi connectivity index (χ4n) is 0.521. The molecule has 14 heavy (non-hydrogen) atoms. The summed E-state index contributed by atoms with van der Waals surface area (Å²) < 4.78 is 0. The summed E-state index contributed by atoms with van der Waals surface area (Å²) in [4.78, 5) is 10.0. The van der Waals surface area contributed by atoms with Gasteiger partial charge in [-0.1, -0.05) is 19.9 Å². The van der Waals surface area contributed by atoms with Crippen molar-refractivity contribution in [2.45, 2.75) is 32.7 Å². The number of carbonyl (C=O) groups is 1. The van der Waals surface area contributed by atoms with Crippen molar-refractivity contribution in [3.05, 3.63) is 12.7 Å². The second-order valence-corrected chi connectivity index (χ2v) is 3.26. The fraction of sp³-hybridized carbons (Fsp3) is 0.700. The van der Waals surface area contributed by atoms with Crippen molar-refractivity contribution in [1.29, 1.82) is 0 Å². The molecule has 84 valence electrons. The van der Waals surface area contributed by atoms with Crippen LogP contribution in [0.15, 0.2) is 12.7 Å². The van der Waals surface area contributed by atoms with Gasteiger partial charge in [0.15, 0.2) is 0 Å². The van der Waals surface area contributed by atoms with Gasteiger partial charge >= 0.3 is 5.97 Å². The van der Waals surface area contributed by atoms with Crippen LogP contribution in [0.25, 0.3) is 0 Å². The van der Waals surface area contributed by atoms with Gasteiger partial charge < -0.3 is 15.9 Å². The Balaban J connectivity index is 0. The van der Waals surface area contributed by atoms with E-state index in [2.05, 4.69) is 6.58 Å². The first-order valence-electron chi connectivity index (χ1n) is 4.67. The summed E-state index contributed by atoms with van der Waals surface area (Å²) in [5, 5.41) is 16.4. The highest BCUT2D eigenvalue weighted by molar-refractivity contribution is 5.73. The Kier molecular flexibility index (Phi) is 11.4.